The first-order valence-corrected chi connectivity index (χ1v) is 6.30. The molecule has 1 aromatic carbocycles. The van der Waals surface area contributed by atoms with E-state index in [0.29, 0.717) is 12.5 Å². The molecule has 17 heavy (non-hydrogen) atoms. The van der Waals surface area contributed by atoms with Crippen molar-refractivity contribution >= 4 is 0 Å². The van der Waals surface area contributed by atoms with Gasteiger partial charge in [-0.25, -0.2) is 4.39 Å². The molecule has 1 N–H and O–H groups in total. The quantitative estimate of drug-likeness (QED) is 0.872. The zero-order valence-corrected chi connectivity index (χ0v) is 9.68. The Balaban J connectivity index is 1.63. The van der Waals surface area contributed by atoms with Gasteiger partial charge in [0.1, 0.15) is 5.82 Å². The summed E-state index contributed by atoms with van der Waals surface area (Å²) in [5.41, 5.74) is 0.988. The van der Waals surface area contributed by atoms with Crippen molar-refractivity contribution in [2.75, 3.05) is 0 Å². The first-order chi connectivity index (χ1) is 8.22. The summed E-state index contributed by atoms with van der Waals surface area (Å²) in [7, 11) is 0. The van der Waals surface area contributed by atoms with Gasteiger partial charge in [0.15, 0.2) is 0 Å². The second-order valence-electron chi connectivity index (χ2n) is 5.17. The van der Waals surface area contributed by atoms with E-state index in [1.807, 2.05) is 0 Å². The second-order valence-corrected chi connectivity index (χ2v) is 5.17. The first-order valence-electron chi connectivity index (χ1n) is 6.30. The fourth-order valence-corrected chi connectivity index (χ4v) is 3.10. The van der Waals surface area contributed by atoms with Crippen LogP contribution in [0.1, 0.15) is 24.8 Å². The molecule has 3 heteroatoms. The molecule has 2 bridgehead atoms. The molecule has 92 valence electrons. The lowest BCUT2D eigenvalue weighted by Gasteiger charge is -2.24. The van der Waals surface area contributed by atoms with E-state index in [-0.39, 0.29) is 23.9 Å². The zero-order chi connectivity index (χ0) is 11.8. The topological polar surface area (TPSA) is 29.5 Å². The van der Waals surface area contributed by atoms with Crippen LogP contribution in [0.2, 0.25) is 0 Å². The fraction of sp³-hybridized carbons (Fsp3) is 0.571. The zero-order valence-electron chi connectivity index (χ0n) is 9.68. The fourth-order valence-electron chi connectivity index (χ4n) is 3.10. The number of ether oxygens (including phenoxy) is 1. The molecule has 2 nitrogen and oxygen atoms in total. The SMILES string of the molecule is OC(Cc1ccc(F)cc1)C1CC2CCC1O2. The van der Waals surface area contributed by atoms with Crippen molar-refractivity contribution in [3.05, 3.63) is 35.6 Å². The Morgan fingerprint density at radius 3 is 2.65 bits per heavy atom. The average Bonchev–Trinajstić information content (AvgIpc) is 2.94. The molecule has 0 aromatic heterocycles. The number of halogens is 1. The molecule has 2 heterocycles. The van der Waals surface area contributed by atoms with Gasteiger partial charge in [-0.2, -0.15) is 0 Å². The summed E-state index contributed by atoms with van der Waals surface area (Å²) in [6.45, 7) is 0. The van der Waals surface area contributed by atoms with Crippen LogP contribution in [0.4, 0.5) is 4.39 Å². The molecule has 0 saturated carbocycles. The van der Waals surface area contributed by atoms with Crippen LogP contribution in [0.15, 0.2) is 24.3 Å². The number of rotatable bonds is 3. The minimum Gasteiger partial charge on any atom is -0.392 e. The molecule has 2 aliphatic rings. The number of aliphatic hydroxyl groups is 1. The Kier molecular flexibility index (Phi) is 2.89. The minimum atomic E-state index is -0.365. The lowest BCUT2D eigenvalue weighted by molar-refractivity contribution is 0.0432. The Hall–Kier alpha value is -0.930. The van der Waals surface area contributed by atoms with Crippen molar-refractivity contribution in [1.82, 2.24) is 0 Å². The molecule has 2 fully saturated rings. The summed E-state index contributed by atoms with van der Waals surface area (Å²) in [6, 6.07) is 6.37. The highest BCUT2D eigenvalue weighted by atomic mass is 19.1. The predicted octanol–water partition coefficient (Wildman–Crippen LogP) is 2.30. The van der Waals surface area contributed by atoms with Gasteiger partial charge < -0.3 is 9.84 Å². The van der Waals surface area contributed by atoms with E-state index in [1.165, 1.54) is 12.1 Å². The van der Waals surface area contributed by atoms with Crippen molar-refractivity contribution in [1.29, 1.82) is 0 Å². The first kappa shape index (κ1) is 11.2. The smallest absolute Gasteiger partial charge is 0.123 e. The minimum absolute atomic E-state index is 0.230. The van der Waals surface area contributed by atoms with Gasteiger partial charge in [0, 0.05) is 5.92 Å². The van der Waals surface area contributed by atoms with E-state index < -0.39 is 0 Å². The number of benzene rings is 1. The van der Waals surface area contributed by atoms with Crippen LogP contribution in [0.25, 0.3) is 0 Å². The maximum atomic E-state index is 12.8. The van der Waals surface area contributed by atoms with E-state index in [9.17, 15) is 9.50 Å². The van der Waals surface area contributed by atoms with Crippen molar-refractivity contribution in [2.24, 2.45) is 5.92 Å². The van der Waals surface area contributed by atoms with Crippen molar-refractivity contribution < 1.29 is 14.2 Å². The van der Waals surface area contributed by atoms with Crippen molar-refractivity contribution in [3.8, 4) is 0 Å². The van der Waals surface area contributed by atoms with Gasteiger partial charge in [-0.3, -0.25) is 0 Å². The maximum absolute atomic E-state index is 12.8. The summed E-state index contributed by atoms with van der Waals surface area (Å²) in [5.74, 6) is 0.0327. The highest BCUT2D eigenvalue weighted by molar-refractivity contribution is 5.17. The van der Waals surface area contributed by atoms with Gasteiger partial charge in [-0.15, -0.1) is 0 Å². The predicted molar refractivity (Wildman–Crippen MR) is 62.1 cm³/mol. The van der Waals surface area contributed by atoms with Crippen LogP contribution < -0.4 is 0 Å². The van der Waals surface area contributed by atoms with E-state index in [4.69, 9.17) is 4.74 Å². The lowest BCUT2D eigenvalue weighted by atomic mass is 9.83. The molecule has 0 radical (unpaired) electrons. The van der Waals surface area contributed by atoms with E-state index in [0.717, 1.165) is 24.8 Å². The normalized spacial score (nSPS) is 32.9. The third kappa shape index (κ3) is 2.22. The number of hydrogen-bond donors (Lipinski definition) is 1. The standard InChI is InChI=1S/C14H17FO2/c15-10-3-1-9(2-4-10)7-13(16)12-8-11-5-6-14(12)17-11/h1-4,11-14,16H,5-8H2. The Labute approximate surface area is 100 Å². The summed E-state index contributed by atoms with van der Waals surface area (Å²) in [6.07, 6.45) is 4.05. The molecule has 0 spiro atoms. The maximum Gasteiger partial charge on any atom is 0.123 e. The number of hydrogen-bond acceptors (Lipinski definition) is 2. The molecule has 4 atom stereocenters. The Morgan fingerprint density at radius 1 is 1.29 bits per heavy atom. The van der Waals surface area contributed by atoms with Crippen LogP contribution >= 0.6 is 0 Å². The van der Waals surface area contributed by atoms with E-state index in [1.54, 1.807) is 12.1 Å². The lowest BCUT2D eigenvalue weighted by Crippen LogP contribution is -2.30. The van der Waals surface area contributed by atoms with Gasteiger partial charge in [0.25, 0.3) is 0 Å². The van der Waals surface area contributed by atoms with Crippen LogP contribution in [0.5, 0.6) is 0 Å². The highest BCUT2D eigenvalue weighted by Gasteiger charge is 2.43. The van der Waals surface area contributed by atoms with E-state index in [2.05, 4.69) is 0 Å². The highest BCUT2D eigenvalue weighted by Crippen LogP contribution is 2.40. The molecule has 4 unspecified atom stereocenters. The third-order valence-electron chi connectivity index (χ3n) is 4.01. The summed E-state index contributed by atoms with van der Waals surface area (Å²) < 4.78 is 18.5. The van der Waals surface area contributed by atoms with Crippen molar-refractivity contribution in [3.63, 3.8) is 0 Å². The molecule has 0 amide bonds. The Bertz CT molecular complexity index is 390. The monoisotopic (exact) mass is 236 g/mol. The Morgan fingerprint density at radius 2 is 2.06 bits per heavy atom. The summed E-state index contributed by atoms with van der Waals surface area (Å²) in [4.78, 5) is 0. The van der Waals surface area contributed by atoms with Crippen LogP contribution in [0, 0.1) is 11.7 Å². The van der Waals surface area contributed by atoms with Gasteiger partial charge in [-0.1, -0.05) is 12.1 Å². The van der Waals surface area contributed by atoms with Crippen LogP contribution in [-0.4, -0.2) is 23.4 Å². The van der Waals surface area contributed by atoms with E-state index >= 15 is 0 Å². The van der Waals surface area contributed by atoms with Crippen molar-refractivity contribution in [2.45, 2.75) is 44.0 Å². The third-order valence-corrected chi connectivity index (χ3v) is 4.01. The average molecular weight is 236 g/mol. The largest absolute Gasteiger partial charge is 0.392 e. The summed E-state index contributed by atoms with van der Waals surface area (Å²) >= 11 is 0. The summed E-state index contributed by atoms with van der Waals surface area (Å²) in [5, 5.41) is 10.2. The van der Waals surface area contributed by atoms with Crippen LogP contribution in [0.3, 0.4) is 0 Å². The van der Waals surface area contributed by atoms with Gasteiger partial charge in [0.2, 0.25) is 0 Å². The van der Waals surface area contributed by atoms with Gasteiger partial charge >= 0.3 is 0 Å². The molecule has 0 aliphatic carbocycles. The molecule has 3 rings (SSSR count). The van der Waals surface area contributed by atoms with Crippen LogP contribution in [-0.2, 0) is 11.2 Å². The van der Waals surface area contributed by atoms with Gasteiger partial charge in [0.05, 0.1) is 18.3 Å². The van der Waals surface area contributed by atoms with Gasteiger partial charge in [-0.05, 0) is 43.4 Å². The number of fused-ring (bicyclic) bond motifs is 2. The molecule has 2 aliphatic heterocycles. The molecular formula is C14H17FO2. The molecular weight excluding hydrogens is 219 g/mol. The molecule has 1 aromatic rings. The molecule has 2 saturated heterocycles. The second kappa shape index (κ2) is 4.39. The number of aliphatic hydroxyl groups excluding tert-OH is 1.